The van der Waals surface area contributed by atoms with Gasteiger partial charge in [-0.25, -0.2) is 9.59 Å². The van der Waals surface area contributed by atoms with Gasteiger partial charge in [0.15, 0.2) is 0 Å². The summed E-state index contributed by atoms with van der Waals surface area (Å²) in [6.07, 6.45) is 1.08. The Hall–Kier alpha value is -2.04. The predicted molar refractivity (Wildman–Crippen MR) is 73.2 cm³/mol. The minimum atomic E-state index is -0.964. The van der Waals surface area contributed by atoms with E-state index in [4.69, 9.17) is 4.74 Å². The summed E-state index contributed by atoms with van der Waals surface area (Å²) in [5, 5.41) is 9.26. The van der Waals surface area contributed by atoms with Gasteiger partial charge in [-0.05, 0) is 24.3 Å². The molecule has 0 radical (unpaired) electrons. The Bertz CT molecular complexity index is 474. The lowest BCUT2D eigenvalue weighted by atomic mass is 9.91. The van der Waals surface area contributed by atoms with Crippen LogP contribution in [0.25, 0.3) is 0 Å². The summed E-state index contributed by atoms with van der Waals surface area (Å²) >= 11 is 0. The number of amides is 1. The van der Waals surface area contributed by atoms with Crippen LogP contribution >= 0.6 is 0 Å². The van der Waals surface area contributed by atoms with E-state index in [1.54, 1.807) is 0 Å². The van der Waals surface area contributed by atoms with Gasteiger partial charge in [0.2, 0.25) is 0 Å². The summed E-state index contributed by atoms with van der Waals surface area (Å²) in [5.41, 5.74) is 0.887. The first-order valence-corrected chi connectivity index (χ1v) is 6.79. The molecule has 1 fully saturated rings. The molecule has 1 aliphatic rings. The summed E-state index contributed by atoms with van der Waals surface area (Å²) in [7, 11) is 0. The Balaban J connectivity index is 1.98. The number of carboxylic acids is 1. The Morgan fingerprint density at radius 3 is 2.70 bits per heavy atom. The van der Waals surface area contributed by atoms with Crippen LogP contribution in [-0.2, 0) is 16.1 Å². The zero-order valence-electron chi connectivity index (χ0n) is 11.5. The van der Waals surface area contributed by atoms with Crippen molar-refractivity contribution < 1.29 is 19.4 Å². The topological polar surface area (TPSA) is 66.8 Å². The van der Waals surface area contributed by atoms with Crippen LogP contribution in [0, 0.1) is 5.92 Å². The fourth-order valence-electron chi connectivity index (χ4n) is 2.57. The number of aliphatic carboxylic acids is 1. The molecule has 1 saturated heterocycles. The summed E-state index contributed by atoms with van der Waals surface area (Å²) in [5.74, 6) is -1.01. The van der Waals surface area contributed by atoms with E-state index in [2.05, 4.69) is 0 Å². The molecular weight excluding hydrogens is 258 g/mol. The maximum Gasteiger partial charge on any atom is 0.410 e. The molecule has 0 aromatic heterocycles. The van der Waals surface area contributed by atoms with Crippen molar-refractivity contribution >= 4 is 12.1 Å². The van der Waals surface area contributed by atoms with Gasteiger partial charge in [0.1, 0.15) is 12.6 Å². The Morgan fingerprint density at radius 1 is 1.35 bits per heavy atom. The molecule has 0 spiro atoms. The molecule has 0 saturated carbocycles. The van der Waals surface area contributed by atoms with Gasteiger partial charge in [-0.1, -0.05) is 37.3 Å². The molecule has 1 aliphatic heterocycles. The third kappa shape index (κ3) is 3.29. The number of benzene rings is 1. The standard InChI is InChI=1S/C15H19NO4/c1-11-6-5-9-16(13(11)14(17)18)15(19)20-10-12-7-3-2-4-8-12/h2-4,7-8,11,13H,5-6,9-10H2,1H3,(H,17,18). The highest BCUT2D eigenvalue weighted by Crippen LogP contribution is 2.24. The first-order valence-electron chi connectivity index (χ1n) is 6.79. The Labute approximate surface area is 118 Å². The summed E-state index contributed by atoms with van der Waals surface area (Å²) in [6, 6.07) is 8.56. The second-order valence-electron chi connectivity index (χ2n) is 5.14. The molecule has 108 valence electrons. The van der Waals surface area contributed by atoms with Crippen molar-refractivity contribution in [2.24, 2.45) is 5.92 Å². The largest absolute Gasteiger partial charge is 0.480 e. The Kier molecular flexibility index (Phi) is 4.61. The number of hydrogen-bond acceptors (Lipinski definition) is 3. The molecule has 2 unspecified atom stereocenters. The first-order chi connectivity index (χ1) is 9.59. The number of carbonyl (C=O) groups excluding carboxylic acids is 1. The molecule has 20 heavy (non-hydrogen) atoms. The van der Waals surface area contributed by atoms with Crippen molar-refractivity contribution in [2.45, 2.75) is 32.4 Å². The Morgan fingerprint density at radius 2 is 2.05 bits per heavy atom. The van der Waals surface area contributed by atoms with E-state index in [9.17, 15) is 14.7 Å². The van der Waals surface area contributed by atoms with Gasteiger partial charge in [0.05, 0.1) is 0 Å². The van der Waals surface area contributed by atoms with E-state index in [0.29, 0.717) is 6.54 Å². The molecule has 5 nitrogen and oxygen atoms in total. The van der Waals surface area contributed by atoms with Crippen LogP contribution in [-0.4, -0.2) is 34.7 Å². The van der Waals surface area contributed by atoms with Crippen LogP contribution in [0.5, 0.6) is 0 Å². The third-order valence-electron chi connectivity index (χ3n) is 3.63. The maximum absolute atomic E-state index is 12.1. The monoisotopic (exact) mass is 277 g/mol. The van der Waals surface area contributed by atoms with Crippen LogP contribution in [0.3, 0.4) is 0 Å². The van der Waals surface area contributed by atoms with E-state index in [0.717, 1.165) is 18.4 Å². The number of likely N-dealkylation sites (tertiary alicyclic amines) is 1. The van der Waals surface area contributed by atoms with Crippen LogP contribution in [0.4, 0.5) is 4.79 Å². The molecule has 1 aromatic rings. The van der Waals surface area contributed by atoms with E-state index in [1.165, 1.54) is 4.90 Å². The number of ether oxygens (including phenoxy) is 1. The lowest BCUT2D eigenvalue weighted by Crippen LogP contribution is -2.52. The summed E-state index contributed by atoms with van der Waals surface area (Å²) in [6.45, 7) is 2.46. The number of carbonyl (C=O) groups is 2. The van der Waals surface area contributed by atoms with Crippen molar-refractivity contribution in [1.82, 2.24) is 4.90 Å². The number of nitrogens with zero attached hydrogens (tertiary/aromatic N) is 1. The zero-order chi connectivity index (χ0) is 14.5. The number of rotatable bonds is 3. The molecule has 1 N–H and O–H groups in total. The number of hydrogen-bond donors (Lipinski definition) is 1. The minimum Gasteiger partial charge on any atom is -0.480 e. The van der Waals surface area contributed by atoms with Crippen molar-refractivity contribution in [3.63, 3.8) is 0 Å². The van der Waals surface area contributed by atoms with Gasteiger partial charge in [-0.2, -0.15) is 0 Å². The van der Waals surface area contributed by atoms with Gasteiger partial charge < -0.3 is 9.84 Å². The van der Waals surface area contributed by atoms with Gasteiger partial charge in [0, 0.05) is 6.54 Å². The molecule has 2 rings (SSSR count). The normalized spacial score (nSPS) is 22.4. The quantitative estimate of drug-likeness (QED) is 0.921. The lowest BCUT2D eigenvalue weighted by Gasteiger charge is -2.36. The van der Waals surface area contributed by atoms with Crippen molar-refractivity contribution in [3.05, 3.63) is 35.9 Å². The van der Waals surface area contributed by atoms with E-state index >= 15 is 0 Å². The zero-order valence-corrected chi connectivity index (χ0v) is 11.5. The highest BCUT2D eigenvalue weighted by atomic mass is 16.6. The highest BCUT2D eigenvalue weighted by molar-refractivity contribution is 5.80. The summed E-state index contributed by atoms with van der Waals surface area (Å²) < 4.78 is 5.22. The van der Waals surface area contributed by atoms with Crippen LogP contribution in [0.2, 0.25) is 0 Å². The molecule has 0 bridgehead atoms. The van der Waals surface area contributed by atoms with Crippen molar-refractivity contribution in [3.8, 4) is 0 Å². The fraction of sp³-hybridized carbons (Fsp3) is 0.467. The van der Waals surface area contributed by atoms with Gasteiger partial charge in [0.25, 0.3) is 0 Å². The van der Waals surface area contributed by atoms with Gasteiger partial charge >= 0.3 is 12.1 Å². The third-order valence-corrected chi connectivity index (χ3v) is 3.63. The first kappa shape index (κ1) is 14.4. The number of carboxylic acid groups (broad SMARTS) is 1. The molecule has 0 aliphatic carbocycles. The smallest absolute Gasteiger partial charge is 0.410 e. The van der Waals surface area contributed by atoms with Crippen molar-refractivity contribution in [1.29, 1.82) is 0 Å². The van der Waals surface area contributed by atoms with Crippen LogP contribution in [0.1, 0.15) is 25.3 Å². The average Bonchev–Trinajstić information content (AvgIpc) is 2.45. The minimum absolute atomic E-state index is 0.0504. The van der Waals surface area contributed by atoms with Gasteiger partial charge in [-0.3, -0.25) is 4.90 Å². The van der Waals surface area contributed by atoms with Crippen molar-refractivity contribution in [2.75, 3.05) is 6.54 Å². The van der Waals surface area contributed by atoms with Crippen LogP contribution in [0.15, 0.2) is 30.3 Å². The van der Waals surface area contributed by atoms with E-state index < -0.39 is 18.1 Å². The maximum atomic E-state index is 12.1. The average molecular weight is 277 g/mol. The molecule has 2 atom stereocenters. The molecule has 1 heterocycles. The number of piperidine rings is 1. The molecular formula is C15H19NO4. The van der Waals surface area contributed by atoms with Crippen LogP contribution < -0.4 is 0 Å². The molecule has 5 heteroatoms. The van der Waals surface area contributed by atoms with E-state index in [1.807, 2.05) is 37.3 Å². The molecule has 1 aromatic carbocycles. The fourth-order valence-corrected chi connectivity index (χ4v) is 2.57. The highest BCUT2D eigenvalue weighted by Gasteiger charge is 2.37. The summed E-state index contributed by atoms with van der Waals surface area (Å²) in [4.78, 5) is 24.7. The molecule has 1 amide bonds. The second-order valence-corrected chi connectivity index (χ2v) is 5.14. The lowest BCUT2D eigenvalue weighted by molar-refractivity contribution is -0.146. The van der Waals surface area contributed by atoms with E-state index in [-0.39, 0.29) is 12.5 Å². The predicted octanol–water partition coefficient (Wildman–Crippen LogP) is 2.51. The second kappa shape index (κ2) is 6.41. The SMILES string of the molecule is CC1CCCN(C(=O)OCc2ccccc2)C1C(=O)O. The van der Waals surface area contributed by atoms with Gasteiger partial charge in [-0.15, -0.1) is 0 Å².